The summed E-state index contributed by atoms with van der Waals surface area (Å²) in [5.74, 6) is -6.25. The number of aliphatic hydroxyl groups excluding tert-OH is 1. The average molecular weight is 1110 g/mol. The molecule has 0 bridgehead atoms. The quantitative estimate of drug-likeness (QED) is 0.0927. The highest BCUT2D eigenvalue weighted by Crippen LogP contribution is 2.43. The third-order valence-corrected chi connectivity index (χ3v) is 16.8. The van der Waals surface area contributed by atoms with Gasteiger partial charge in [-0.25, -0.2) is 19.0 Å². The van der Waals surface area contributed by atoms with Crippen LogP contribution in [-0.4, -0.2) is 187 Å². The number of pyridine rings is 2. The maximum absolute atomic E-state index is 15.1. The van der Waals surface area contributed by atoms with E-state index in [0.29, 0.717) is 45.6 Å². The molecule has 78 heavy (non-hydrogen) atoms. The number of nitrogens with zero attached hydrogens (tertiary/aromatic N) is 3. The third-order valence-electron chi connectivity index (χ3n) is 16.8. The molecule has 0 aliphatic carbocycles. The summed E-state index contributed by atoms with van der Waals surface area (Å²) in [4.78, 5) is 73.0. The number of Topliss-reactive ketones (excluding diaryl/α,β-unsaturated/α-hetero) is 1. The molecule has 0 aromatic carbocycles. The van der Waals surface area contributed by atoms with Gasteiger partial charge in [0.2, 0.25) is 5.43 Å². The zero-order valence-corrected chi connectivity index (χ0v) is 48.2. The van der Waals surface area contributed by atoms with E-state index in [0.717, 1.165) is 6.07 Å². The van der Waals surface area contributed by atoms with Gasteiger partial charge in [0, 0.05) is 76.9 Å². The second-order valence-corrected chi connectivity index (χ2v) is 22.7. The Kier molecular flexibility index (Phi) is 20.9. The Morgan fingerprint density at radius 2 is 1.63 bits per heavy atom. The van der Waals surface area contributed by atoms with Crippen LogP contribution in [0.3, 0.4) is 0 Å². The number of ether oxygens (including phenoxy) is 9. The van der Waals surface area contributed by atoms with Crippen molar-refractivity contribution < 1.29 is 76.4 Å². The van der Waals surface area contributed by atoms with Crippen LogP contribution in [0.2, 0.25) is 0 Å². The van der Waals surface area contributed by atoms with E-state index < -0.39 is 131 Å². The summed E-state index contributed by atoms with van der Waals surface area (Å²) < 4.78 is 75.0. The number of cyclic esters (lactones) is 1. The van der Waals surface area contributed by atoms with Gasteiger partial charge in [-0.2, -0.15) is 0 Å². The van der Waals surface area contributed by atoms with Gasteiger partial charge in [0.25, 0.3) is 0 Å². The number of fused-ring (bicyclic) bond motifs is 2. The topological polar surface area (TPSA) is 266 Å². The lowest BCUT2D eigenvalue weighted by Crippen LogP contribution is -2.61. The van der Waals surface area contributed by atoms with Crippen molar-refractivity contribution in [3.8, 4) is 0 Å². The van der Waals surface area contributed by atoms with Gasteiger partial charge in [0.05, 0.1) is 53.0 Å². The molecule has 0 radical (unpaired) electrons. The first-order valence-corrected chi connectivity index (χ1v) is 27.5. The number of aromatic nitrogens is 2. The predicted octanol–water partition coefficient (Wildman–Crippen LogP) is 4.88. The number of nitrogens with one attached hydrogen (secondary N) is 3. The summed E-state index contributed by atoms with van der Waals surface area (Å²) in [6.07, 6.45) is -5.44. The average Bonchev–Trinajstić information content (AvgIpc) is 3.78. The molecule has 440 valence electrons. The van der Waals surface area contributed by atoms with E-state index in [2.05, 4.69) is 20.9 Å². The number of alkyl carbamates (subject to hydrolysis) is 1. The highest BCUT2D eigenvalue weighted by atomic mass is 19.1. The van der Waals surface area contributed by atoms with Crippen molar-refractivity contribution in [1.29, 1.82) is 0 Å². The predicted molar refractivity (Wildman–Crippen MR) is 285 cm³/mol. The first-order chi connectivity index (χ1) is 36.7. The van der Waals surface area contributed by atoms with Crippen LogP contribution in [0.25, 0.3) is 11.0 Å². The second kappa shape index (κ2) is 26.0. The van der Waals surface area contributed by atoms with Gasteiger partial charge in [-0.3, -0.25) is 14.4 Å². The number of carbonyl (C=O) groups excluding carboxylic acids is 3. The van der Waals surface area contributed by atoms with Gasteiger partial charge in [-0.1, -0.05) is 27.7 Å². The summed E-state index contributed by atoms with van der Waals surface area (Å²) in [6.45, 7) is 21.8. The number of halogens is 1. The number of rotatable bonds is 19. The Bertz CT molecular complexity index is 2490. The molecule has 4 fully saturated rings. The van der Waals surface area contributed by atoms with Crippen molar-refractivity contribution in [3.63, 3.8) is 0 Å². The zero-order chi connectivity index (χ0) is 57.8. The van der Waals surface area contributed by atoms with Gasteiger partial charge in [-0.15, -0.1) is 0 Å². The van der Waals surface area contributed by atoms with Gasteiger partial charge < -0.3 is 78.3 Å². The summed E-state index contributed by atoms with van der Waals surface area (Å²) >= 11 is 0. The number of carboxylic acids is 1. The van der Waals surface area contributed by atoms with E-state index in [-0.39, 0.29) is 54.0 Å². The van der Waals surface area contributed by atoms with Gasteiger partial charge >= 0.3 is 18.0 Å². The van der Waals surface area contributed by atoms with Crippen LogP contribution in [0.5, 0.6) is 0 Å². The second-order valence-electron chi connectivity index (χ2n) is 22.7. The van der Waals surface area contributed by atoms with E-state index in [9.17, 15) is 34.2 Å². The molecule has 0 saturated carbocycles. The number of likely N-dealkylation sites (N-methyl/N-ethyl adjacent to an activating group) is 1. The minimum atomic E-state index is -1.41. The number of carbonyl (C=O) groups is 4. The molecule has 0 spiro atoms. The number of carboxylic acid groups (broad SMARTS) is 1. The van der Waals surface area contributed by atoms with E-state index in [4.69, 9.17) is 42.6 Å². The fourth-order valence-corrected chi connectivity index (χ4v) is 12.2. The standard InChI is InChI=1S/C55H87FN6O16/c1-16-38-55(11)44(59-52(69)78-55)30(5)40(63)28(3)25-53(9,70-14)45(77-51-42(65)37(61(12)13)23-29(4)73-51)31(6)43(32(7)50(68)75-38)76-39-26-54(10,71-15)46(33(8)74-39)72-22-18-19-57-20-21-58-47-36(56)24-34-41(64)35(49(66)67)27-62(17-2)48(34)60-47/h24,27-33,37-39,42-46,51,57,65H,16-23,25-26H2,1-15H3,(H,58,60)(H,59,69)(H,66,67)/t28-,29-,30+,31+,32-,33+,37?,38-,39+,42-,43+,44-,45?,46+,51+,53-,54-,55-/m1/s1. The summed E-state index contributed by atoms with van der Waals surface area (Å²) in [5.41, 5.74) is -4.73. The van der Waals surface area contributed by atoms with Crippen molar-refractivity contribution >= 4 is 40.7 Å². The number of anilines is 1. The maximum atomic E-state index is 15.1. The van der Waals surface area contributed by atoms with Crippen molar-refractivity contribution in [1.82, 2.24) is 25.1 Å². The molecule has 2 unspecified atom stereocenters. The molecular formula is C55H87FN6O16. The molecule has 23 heteroatoms. The van der Waals surface area contributed by atoms with E-state index >= 15 is 4.39 Å². The van der Waals surface area contributed by atoms with E-state index in [1.165, 1.54) is 17.9 Å². The number of aliphatic hydroxyl groups is 1. The summed E-state index contributed by atoms with van der Waals surface area (Å²) in [5, 5.41) is 30.3. The van der Waals surface area contributed by atoms with Crippen LogP contribution in [-0.2, 0) is 58.8 Å². The number of esters is 1. The number of hydrogen-bond donors (Lipinski definition) is 5. The minimum absolute atomic E-state index is 0.0654. The first kappa shape index (κ1) is 62.8. The fourth-order valence-electron chi connectivity index (χ4n) is 12.2. The highest BCUT2D eigenvalue weighted by Gasteiger charge is 2.58. The molecule has 6 rings (SSSR count). The maximum Gasteiger partial charge on any atom is 0.408 e. The van der Waals surface area contributed by atoms with Gasteiger partial charge in [0.1, 0.15) is 35.3 Å². The molecule has 2 aromatic rings. The summed E-state index contributed by atoms with van der Waals surface area (Å²) in [6, 6.07) is -0.147. The van der Waals surface area contributed by atoms with E-state index in [1.54, 1.807) is 34.8 Å². The lowest BCUT2D eigenvalue weighted by Gasteiger charge is -2.50. The number of aryl methyl sites for hydroxylation is 1. The Labute approximate surface area is 457 Å². The van der Waals surface area contributed by atoms with Crippen molar-refractivity contribution in [2.45, 2.75) is 199 Å². The summed E-state index contributed by atoms with van der Waals surface area (Å²) in [7, 11) is 6.88. The molecule has 4 saturated heterocycles. The van der Waals surface area contributed by atoms with Crippen LogP contribution in [0, 0.1) is 29.5 Å². The van der Waals surface area contributed by atoms with Crippen LogP contribution in [0.15, 0.2) is 17.1 Å². The fraction of sp³-hybridized carbons (Fsp3) is 0.782. The largest absolute Gasteiger partial charge is 0.477 e. The normalized spacial score (nSPS) is 37.1. The number of ketones is 1. The molecule has 1 amide bonds. The number of aromatic carboxylic acids is 1. The Hall–Kier alpha value is -4.43. The Morgan fingerprint density at radius 1 is 0.949 bits per heavy atom. The number of hydrogen-bond acceptors (Lipinski definition) is 19. The number of methoxy groups -OCH3 is 2. The first-order valence-electron chi connectivity index (χ1n) is 27.5. The molecule has 2 aromatic heterocycles. The smallest absolute Gasteiger partial charge is 0.408 e. The molecule has 4 aliphatic rings. The molecular weight excluding hydrogens is 1020 g/mol. The lowest BCUT2D eigenvalue weighted by molar-refractivity contribution is -0.322. The highest BCUT2D eigenvalue weighted by molar-refractivity contribution is 5.92. The van der Waals surface area contributed by atoms with Crippen LogP contribution in [0.1, 0.15) is 119 Å². The molecule has 22 nitrogen and oxygen atoms in total. The Balaban J connectivity index is 1.19. The monoisotopic (exact) mass is 1110 g/mol. The Morgan fingerprint density at radius 3 is 2.26 bits per heavy atom. The molecule has 4 aliphatic heterocycles. The third kappa shape index (κ3) is 13.3. The molecule has 6 heterocycles. The van der Waals surface area contributed by atoms with E-state index in [1.807, 2.05) is 67.5 Å². The SMILES string of the molecule is CC[C@H]1OC(=O)[C@H](C)[C@@H](O[C@H]2C[C@@](C)(OC)[C@@H](OCCCNCCNc3nc4c(cc3F)c(=O)c(C(=O)O)cn4CC)[C@H](C)O2)[C@H](C)C(O[C@@H]2O[C@H](C)CC(N(C)C)[C@H]2O)[C@](C)(OC)C[C@@H](C)C(=O)[C@H](C)[C@H]2NC(=O)O[C@@]21C. The van der Waals surface area contributed by atoms with Crippen molar-refractivity contribution in [3.05, 3.63) is 33.9 Å². The molecule has 5 N–H and O–H groups in total. The van der Waals surface area contributed by atoms with Gasteiger partial charge in [0.15, 0.2) is 29.8 Å². The number of amides is 1. The van der Waals surface area contributed by atoms with Crippen molar-refractivity contribution in [2.24, 2.45) is 23.7 Å². The van der Waals surface area contributed by atoms with Gasteiger partial charge in [-0.05, 0) is 101 Å². The lowest BCUT2D eigenvalue weighted by atomic mass is 9.73. The molecule has 18 atom stereocenters. The van der Waals surface area contributed by atoms with Crippen LogP contribution in [0.4, 0.5) is 15.0 Å². The minimum Gasteiger partial charge on any atom is -0.477 e. The van der Waals surface area contributed by atoms with Crippen molar-refractivity contribution in [2.75, 3.05) is 59.9 Å². The van der Waals surface area contributed by atoms with Crippen LogP contribution >= 0.6 is 0 Å². The zero-order valence-electron chi connectivity index (χ0n) is 48.2. The van der Waals surface area contributed by atoms with Crippen LogP contribution < -0.4 is 21.4 Å².